The fourth-order valence-corrected chi connectivity index (χ4v) is 2.99. The Hall–Kier alpha value is -2.25. The van der Waals surface area contributed by atoms with Crippen LogP contribution in [-0.4, -0.2) is 52.5 Å². The van der Waals surface area contributed by atoms with Crippen LogP contribution in [-0.2, 0) is 9.47 Å². The molecular formula is C17H28N4O4. The number of methoxy groups -OCH3 is 1. The van der Waals surface area contributed by atoms with Gasteiger partial charge in [0, 0.05) is 30.6 Å². The molecule has 0 aromatic carbocycles. The first-order chi connectivity index (χ1) is 11.5. The molecule has 1 saturated heterocycles. The Morgan fingerprint density at radius 3 is 2.48 bits per heavy atom. The van der Waals surface area contributed by atoms with Crippen LogP contribution in [0.15, 0.2) is 0 Å². The Morgan fingerprint density at radius 1 is 1.32 bits per heavy atom. The first kappa shape index (κ1) is 19.1. The van der Waals surface area contributed by atoms with Crippen molar-refractivity contribution in [2.45, 2.75) is 58.6 Å². The number of nitrogen functional groups attached to an aromatic ring is 1. The summed E-state index contributed by atoms with van der Waals surface area (Å²) in [5.41, 5.74) is 6.60. The Morgan fingerprint density at radius 2 is 1.96 bits per heavy atom. The highest BCUT2D eigenvalue weighted by atomic mass is 16.6. The summed E-state index contributed by atoms with van der Waals surface area (Å²) in [7, 11) is 1.32. The number of ether oxygens (including phenoxy) is 2. The van der Waals surface area contributed by atoms with Gasteiger partial charge in [-0.1, -0.05) is 0 Å². The van der Waals surface area contributed by atoms with E-state index >= 15 is 0 Å². The molecule has 140 valence electrons. The number of esters is 1. The van der Waals surface area contributed by atoms with Crippen molar-refractivity contribution in [1.29, 1.82) is 0 Å². The van der Waals surface area contributed by atoms with Gasteiger partial charge in [-0.15, -0.1) is 0 Å². The van der Waals surface area contributed by atoms with Crippen LogP contribution in [0.5, 0.6) is 0 Å². The fourth-order valence-electron chi connectivity index (χ4n) is 2.99. The van der Waals surface area contributed by atoms with E-state index in [9.17, 15) is 9.59 Å². The summed E-state index contributed by atoms with van der Waals surface area (Å²) < 4.78 is 11.9. The molecule has 1 atom stereocenters. The minimum Gasteiger partial charge on any atom is -0.464 e. The van der Waals surface area contributed by atoms with Gasteiger partial charge in [0.2, 0.25) is 0 Å². The van der Waals surface area contributed by atoms with E-state index < -0.39 is 11.6 Å². The lowest BCUT2D eigenvalue weighted by Gasteiger charge is -2.24. The minimum absolute atomic E-state index is 0.0144. The molecule has 1 aromatic rings. The van der Waals surface area contributed by atoms with Crippen LogP contribution in [0.25, 0.3) is 0 Å². The summed E-state index contributed by atoms with van der Waals surface area (Å²) in [5, 5.41) is 4.34. The van der Waals surface area contributed by atoms with Crippen LogP contribution >= 0.6 is 0 Å². The second-order valence-electron chi connectivity index (χ2n) is 7.59. The van der Waals surface area contributed by atoms with Gasteiger partial charge in [0.25, 0.3) is 0 Å². The lowest BCUT2D eigenvalue weighted by Crippen LogP contribution is -2.35. The molecule has 0 aliphatic carbocycles. The number of amides is 1. The molecule has 2 heterocycles. The number of hydrogen-bond donors (Lipinski definition) is 1. The zero-order valence-corrected chi connectivity index (χ0v) is 15.8. The maximum atomic E-state index is 12.3. The SMILES string of the molecule is COC(=O)c1nn(C(C)C)c(N)c1C1CCN(C(=O)OC(C)(C)C)C1. The predicted octanol–water partition coefficient (Wildman–Crippen LogP) is 2.56. The molecular weight excluding hydrogens is 324 g/mol. The van der Waals surface area contributed by atoms with E-state index in [0.29, 0.717) is 30.9 Å². The van der Waals surface area contributed by atoms with Gasteiger partial charge in [-0.05, 0) is 41.0 Å². The van der Waals surface area contributed by atoms with Crippen molar-refractivity contribution < 1.29 is 19.1 Å². The molecule has 2 N–H and O–H groups in total. The summed E-state index contributed by atoms with van der Waals surface area (Å²) >= 11 is 0. The molecule has 0 radical (unpaired) electrons. The molecule has 25 heavy (non-hydrogen) atoms. The summed E-state index contributed by atoms with van der Waals surface area (Å²) in [6.07, 6.45) is 0.335. The number of aromatic nitrogens is 2. The van der Waals surface area contributed by atoms with Crippen molar-refractivity contribution in [3.8, 4) is 0 Å². The Bertz CT molecular complexity index is 660. The van der Waals surface area contributed by atoms with Crippen molar-refractivity contribution >= 4 is 17.9 Å². The largest absolute Gasteiger partial charge is 0.464 e. The molecule has 1 unspecified atom stereocenters. The van der Waals surface area contributed by atoms with Crippen LogP contribution in [0.3, 0.4) is 0 Å². The van der Waals surface area contributed by atoms with Gasteiger partial charge in [-0.2, -0.15) is 5.10 Å². The Balaban J connectivity index is 2.27. The van der Waals surface area contributed by atoms with Gasteiger partial charge < -0.3 is 20.1 Å². The molecule has 1 fully saturated rings. The fraction of sp³-hybridized carbons (Fsp3) is 0.706. The minimum atomic E-state index is -0.548. The highest BCUT2D eigenvalue weighted by Crippen LogP contribution is 2.35. The lowest BCUT2D eigenvalue weighted by molar-refractivity contribution is 0.0292. The summed E-state index contributed by atoms with van der Waals surface area (Å²) in [6, 6.07) is 0.0144. The maximum absolute atomic E-state index is 12.3. The van der Waals surface area contributed by atoms with Crippen LogP contribution in [0.2, 0.25) is 0 Å². The summed E-state index contributed by atoms with van der Waals surface area (Å²) in [5.74, 6) is -0.141. The smallest absolute Gasteiger partial charge is 0.410 e. The van der Waals surface area contributed by atoms with Gasteiger partial charge in [0.15, 0.2) is 5.69 Å². The molecule has 2 rings (SSSR count). The third kappa shape index (κ3) is 4.05. The maximum Gasteiger partial charge on any atom is 0.410 e. The van der Waals surface area contributed by atoms with Gasteiger partial charge in [0.05, 0.1) is 7.11 Å². The average Bonchev–Trinajstić information content (AvgIpc) is 3.08. The zero-order chi connectivity index (χ0) is 18.9. The number of likely N-dealkylation sites (tertiary alicyclic amines) is 1. The molecule has 1 amide bonds. The van der Waals surface area contributed by atoms with Crippen LogP contribution < -0.4 is 5.73 Å². The summed E-state index contributed by atoms with van der Waals surface area (Å²) in [4.78, 5) is 26.0. The van der Waals surface area contributed by atoms with Gasteiger partial charge in [-0.3, -0.25) is 0 Å². The number of rotatable bonds is 3. The van der Waals surface area contributed by atoms with E-state index in [-0.39, 0.29) is 23.7 Å². The van der Waals surface area contributed by atoms with E-state index in [1.165, 1.54) is 7.11 Å². The predicted molar refractivity (Wildman–Crippen MR) is 93.5 cm³/mol. The van der Waals surface area contributed by atoms with E-state index in [1.807, 2.05) is 34.6 Å². The van der Waals surface area contributed by atoms with E-state index in [2.05, 4.69) is 5.10 Å². The molecule has 8 nitrogen and oxygen atoms in total. The molecule has 1 aliphatic heterocycles. The second kappa shape index (κ2) is 6.93. The highest BCUT2D eigenvalue weighted by Gasteiger charge is 2.36. The normalized spacial score (nSPS) is 17.9. The van der Waals surface area contributed by atoms with Crippen LogP contribution in [0, 0.1) is 0 Å². The highest BCUT2D eigenvalue weighted by molar-refractivity contribution is 5.90. The number of nitrogens with zero attached hydrogens (tertiary/aromatic N) is 3. The first-order valence-electron chi connectivity index (χ1n) is 8.49. The van der Waals surface area contributed by atoms with Gasteiger partial charge in [-0.25, -0.2) is 14.3 Å². The third-order valence-corrected chi connectivity index (χ3v) is 4.10. The molecule has 1 aromatic heterocycles. The first-order valence-corrected chi connectivity index (χ1v) is 8.49. The van der Waals surface area contributed by atoms with E-state index in [4.69, 9.17) is 15.2 Å². The lowest BCUT2D eigenvalue weighted by atomic mass is 9.97. The van der Waals surface area contributed by atoms with Crippen LogP contribution in [0.4, 0.5) is 10.6 Å². The monoisotopic (exact) mass is 352 g/mol. The topological polar surface area (TPSA) is 99.7 Å². The number of nitrogens with two attached hydrogens (primary N) is 1. The van der Waals surface area contributed by atoms with E-state index in [1.54, 1.807) is 9.58 Å². The van der Waals surface area contributed by atoms with Crippen molar-refractivity contribution in [3.05, 3.63) is 11.3 Å². The van der Waals surface area contributed by atoms with Gasteiger partial charge >= 0.3 is 12.1 Å². The molecule has 0 saturated carbocycles. The molecule has 8 heteroatoms. The van der Waals surface area contributed by atoms with Crippen molar-refractivity contribution in [2.75, 3.05) is 25.9 Å². The van der Waals surface area contributed by atoms with Crippen molar-refractivity contribution in [3.63, 3.8) is 0 Å². The summed E-state index contributed by atoms with van der Waals surface area (Å²) in [6.45, 7) is 10.4. The number of carbonyl (C=O) groups excluding carboxylic acids is 2. The Kier molecular flexibility index (Phi) is 5.29. The molecule has 0 bridgehead atoms. The standard InChI is InChI=1S/C17H28N4O4/c1-10(2)21-14(18)12(13(19-21)15(22)24-6)11-7-8-20(9-11)16(23)25-17(3,4)5/h10-11H,7-9,18H2,1-6H3. The van der Waals surface area contributed by atoms with Crippen molar-refractivity contribution in [1.82, 2.24) is 14.7 Å². The van der Waals surface area contributed by atoms with E-state index in [0.717, 1.165) is 0 Å². The average molecular weight is 352 g/mol. The third-order valence-electron chi connectivity index (χ3n) is 4.10. The van der Waals surface area contributed by atoms with Crippen LogP contribution in [0.1, 0.15) is 69.1 Å². The quantitative estimate of drug-likeness (QED) is 0.839. The number of carbonyl (C=O) groups is 2. The Labute approximate surface area is 148 Å². The van der Waals surface area contributed by atoms with Crippen molar-refractivity contribution in [2.24, 2.45) is 0 Å². The second-order valence-corrected chi connectivity index (χ2v) is 7.59. The number of hydrogen-bond acceptors (Lipinski definition) is 6. The molecule has 0 spiro atoms. The molecule has 1 aliphatic rings. The zero-order valence-electron chi connectivity index (χ0n) is 15.8. The van der Waals surface area contributed by atoms with Gasteiger partial charge in [0.1, 0.15) is 11.4 Å². The number of anilines is 1.